The van der Waals surface area contributed by atoms with E-state index in [1.807, 2.05) is 19.2 Å². The number of nitrogens with zero attached hydrogens (tertiary/aromatic N) is 1. The number of carbonyl (C=O) groups excluding carboxylic acids is 1. The lowest BCUT2D eigenvalue weighted by molar-refractivity contribution is 0.105. The number of nitrogens with one attached hydrogen (secondary N) is 1. The molecule has 0 aliphatic rings. The highest BCUT2D eigenvalue weighted by Crippen LogP contribution is 2.07. The van der Waals surface area contributed by atoms with Gasteiger partial charge in [0.1, 0.15) is 6.61 Å². The average molecular weight is 250 g/mol. The summed E-state index contributed by atoms with van der Waals surface area (Å²) >= 11 is 0. The Bertz CT molecular complexity index is 363. The number of hydrogen-bond donors (Lipinski definition) is 1. The van der Waals surface area contributed by atoms with Crippen LogP contribution in [0.2, 0.25) is 0 Å². The fourth-order valence-corrected chi connectivity index (χ4v) is 1.50. The van der Waals surface area contributed by atoms with Crippen LogP contribution in [0.3, 0.4) is 0 Å². The van der Waals surface area contributed by atoms with E-state index in [1.165, 1.54) is 5.56 Å². The van der Waals surface area contributed by atoms with Gasteiger partial charge in [0.2, 0.25) is 0 Å². The number of amides is 1. The van der Waals surface area contributed by atoms with Crippen molar-refractivity contribution in [1.82, 2.24) is 10.2 Å². The van der Waals surface area contributed by atoms with Crippen molar-refractivity contribution in [2.75, 3.05) is 27.2 Å². The first-order valence-electron chi connectivity index (χ1n) is 6.27. The summed E-state index contributed by atoms with van der Waals surface area (Å²) in [4.78, 5) is 13.2. The zero-order valence-corrected chi connectivity index (χ0v) is 11.4. The molecular weight excluding hydrogens is 228 g/mol. The van der Waals surface area contributed by atoms with Crippen molar-refractivity contribution in [3.05, 3.63) is 35.4 Å². The van der Waals surface area contributed by atoms with Gasteiger partial charge in [0, 0.05) is 20.1 Å². The Labute approximate surface area is 109 Å². The molecule has 0 aliphatic heterocycles. The summed E-state index contributed by atoms with van der Waals surface area (Å²) in [7, 11) is 3.59. The molecule has 0 atom stereocenters. The van der Waals surface area contributed by atoms with Crippen LogP contribution in [-0.4, -0.2) is 38.2 Å². The number of rotatable bonds is 6. The number of likely N-dealkylation sites (N-methyl/N-ethyl adjacent to an activating group) is 2. The number of carbonyl (C=O) groups is 1. The Hall–Kier alpha value is -1.55. The van der Waals surface area contributed by atoms with E-state index in [1.54, 1.807) is 11.9 Å². The van der Waals surface area contributed by atoms with Gasteiger partial charge in [-0.3, -0.25) is 0 Å². The van der Waals surface area contributed by atoms with Crippen LogP contribution in [0.25, 0.3) is 0 Å². The highest BCUT2D eigenvalue weighted by atomic mass is 16.6. The molecule has 0 spiro atoms. The van der Waals surface area contributed by atoms with Gasteiger partial charge in [0.25, 0.3) is 0 Å². The van der Waals surface area contributed by atoms with Crippen LogP contribution in [0.4, 0.5) is 4.79 Å². The molecule has 0 bridgehead atoms. The molecule has 100 valence electrons. The largest absolute Gasteiger partial charge is 0.445 e. The van der Waals surface area contributed by atoms with E-state index in [-0.39, 0.29) is 6.09 Å². The third kappa shape index (κ3) is 4.75. The fourth-order valence-electron chi connectivity index (χ4n) is 1.50. The Morgan fingerprint density at radius 3 is 2.44 bits per heavy atom. The lowest BCUT2D eigenvalue weighted by atomic mass is 10.1. The van der Waals surface area contributed by atoms with Crippen LogP contribution >= 0.6 is 0 Å². The molecule has 0 saturated heterocycles. The second kappa shape index (κ2) is 7.71. The van der Waals surface area contributed by atoms with Crippen LogP contribution in [0.1, 0.15) is 18.1 Å². The maximum atomic E-state index is 11.6. The first kappa shape index (κ1) is 14.5. The quantitative estimate of drug-likeness (QED) is 0.840. The monoisotopic (exact) mass is 250 g/mol. The van der Waals surface area contributed by atoms with Crippen molar-refractivity contribution in [1.29, 1.82) is 0 Å². The molecule has 1 aromatic carbocycles. The topological polar surface area (TPSA) is 41.6 Å². The molecule has 0 fully saturated rings. The Morgan fingerprint density at radius 2 is 1.89 bits per heavy atom. The summed E-state index contributed by atoms with van der Waals surface area (Å²) in [6.07, 6.45) is 0.733. The summed E-state index contributed by atoms with van der Waals surface area (Å²) in [5, 5.41) is 2.99. The lowest BCUT2D eigenvalue weighted by Gasteiger charge is -2.16. The van der Waals surface area contributed by atoms with Crippen LogP contribution in [0, 0.1) is 0 Å². The molecule has 1 rings (SSSR count). The van der Waals surface area contributed by atoms with Gasteiger partial charge in [-0.2, -0.15) is 0 Å². The van der Waals surface area contributed by atoms with Crippen molar-refractivity contribution < 1.29 is 9.53 Å². The predicted octanol–water partition coefficient (Wildman–Crippen LogP) is 2.04. The summed E-state index contributed by atoms with van der Waals surface area (Å²) in [5.41, 5.74) is 2.30. The Balaban J connectivity index is 2.37. The molecule has 1 aromatic rings. The third-order valence-electron chi connectivity index (χ3n) is 2.80. The van der Waals surface area contributed by atoms with Crippen LogP contribution < -0.4 is 5.32 Å². The normalized spacial score (nSPS) is 10.2. The second-order valence-electron chi connectivity index (χ2n) is 4.25. The van der Waals surface area contributed by atoms with Gasteiger partial charge in [0.15, 0.2) is 0 Å². The minimum atomic E-state index is -0.287. The highest BCUT2D eigenvalue weighted by Gasteiger charge is 2.08. The molecule has 0 aromatic heterocycles. The zero-order chi connectivity index (χ0) is 13.4. The van der Waals surface area contributed by atoms with E-state index >= 15 is 0 Å². The third-order valence-corrected chi connectivity index (χ3v) is 2.80. The Kier molecular flexibility index (Phi) is 6.22. The fraction of sp³-hybridized carbons (Fsp3) is 0.500. The van der Waals surface area contributed by atoms with Gasteiger partial charge in [0.05, 0.1) is 0 Å². The van der Waals surface area contributed by atoms with Gasteiger partial charge in [-0.05, 0) is 24.6 Å². The lowest BCUT2D eigenvalue weighted by Crippen LogP contribution is -2.33. The highest BCUT2D eigenvalue weighted by molar-refractivity contribution is 5.67. The first-order valence-corrected chi connectivity index (χ1v) is 6.27. The Morgan fingerprint density at radius 1 is 1.28 bits per heavy atom. The molecule has 0 saturated carbocycles. The van der Waals surface area contributed by atoms with Crippen molar-refractivity contribution >= 4 is 6.09 Å². The van der Waals surface area contributed by atoms with E-state index < -0.39 is 0 Å². The molecular formula is C14H22N2O2. The molecule has 0 unspecified atom stereocenters. The van der Waals surface area contributed by atoms with Gasteiger partial charge >= 0.3 is 6.09 Å². The summed E-state index contributed by atoms with van der Waals surface area (Å²) in [6, 6.07) is 8.13. The first-order chi connectivity index (χ1) is 8.67. The summed E-state index contributed by atoms with van der Waals surface area (Å²) in [5.74, 6) is 0. The molecule has 0 aliphatic carbocycles. The van der Waals surface area contributed by atoms with Gasteiger partial charge in [-0.25, -0.2) is 4.79 Å². The minimum absolute atomic E-state index is 0.287. The molecule has 1 amide bonds. The smallest absolute Gasteiger partial charge is 0.409 e. The van der Waals surface area contributed by atoms with E-state index in [4.69, 9.17) is 4.74 Å². The van der Waals surface area contributed by atoms with E-state index in [9.17, 15) is 4.79 Å². The van der Waals surface area contributed by atoms with Crippen molar-refractivity contribution in [2.24, 2.45) is 0 Å². The van der Waals surface area contributed by atoms with Crippen LogP contribution in [0.5, 0.6) is 0 Å². The minimum Gasteiger partial charge on any atom is -0.445 e. The molecule has 0 radical (unpaired) electrons. The molecule has 1 N–H and O–H groups in total. The van der Waals surface area contributed by atoms with E-state index in [0.29, 0.717) is 13.2 Å². The van der Waals surface area contributed by atoms with Crippen molar-refractivity contribution in [2.45, 2.75) is 20.0 Å². The average Bonchev–Trinajstić information content (AvgIpc) is 2.42. The van der Waals surface area contributed by atoms with E-state index in [2.05, 4.69) is 24.4 Å². The summed E-state index contributed by atoms with van der Waals surface area (Å²) < 4.78 is 5.22. The van der Waals surface area contributed by atoms with Crippen LogP contribution in [-0.2, 0) is 17.8 Å². The molecule has 4 nitrogen and oxygen atoms in total. The predicted molar refractivity (Wildman–Crippen MR) is 72.6 cm³/mol. The van der Waals surface area contributed by atoms with E-state index in [0.717, 1.165) is 18.5 Å². The number of ether oxygens (including phenoxy) is 1. The van der Waals surface area contributed by atoms with Crippen molar-refractivity contribution in [3.8, 4) is 0 Å². The number of benzene rings is 1. The zero-order valence-electron chi connectivity index (χ0n) is 11.4. The SMILES string of the molecule is CCc1ccc(COC(=O)N(C)CCNC)cc1. The molecule has 4 heteroatoms. The summed E-state index contributed by atoms with van der Waals surface area (Å²) in [6.45, 7) is 3.85. The maximum Gasteiger partial charge on any atom is 0.409 e. The van der Waals surface area contributed by atoms with Gasteiger partial charge in [-0.1, -0.05) is 31.2 Å². The molecule has 18 heavy (non-hydrogen) atoms. The van der Waals surface area contributed by atoms with Crippen molar-refractivity contribution in [3.63, 3.8) is 0 Å². The van der Waals surface area contributed by atoms with Gasteiger partial charge in [-0.15, -0.1) is 0 Å². The molecule has 0 heterocycles. The van der Waals surface area contributed by atoms with Gasteiger partial charge < -0.3 is 15.0 Å². The maximum absolute atomic E-state index is 11.6. The van der Waals surface area contributed by atoms with Crippen LogP contribution in [0.15, 0.2) is 24.3 Å². The number of hydrogen-bond acceptors (Lipinski definition) is 3. The standard InChI is InChI=1S/C14H22N2O2/c1-4-12-5-7-13(8-6-12)11-18-14(17)16(3)10-9-15-2/h5-8,15H,4,9-11H2,1-3H3. The second-order valence-corrected chi connectivity index (χ2v) is 4.25. The number of aryl methyl sites for hydroxylation is 1.